The van der Waals surface area contributed by atoms with Gasteiger partial charge >= 0.3 is 0 Å². The van der Waals surface area contributed by atoms with Crippen molar-refractivity contribution < 1.29 is 14.3 Å². The Kier molecular flexibility index (Phi) is 6.45. The highest BCUT2D eigenvalue weighted by Crippen LogP contribution is 2.34. The number of nitrogens with zero attached hydrogens (tertiary/aromatic N) is 3. The maximum absolute atomic E-state index is 13.0. The number of methoxy groups -OCH3 is 1. The monoisotopic (exact) mass is 469 g/mol. The molecule has 0 saturated carbocycles. The summed E-state index contributed by atoms with van der Waals surface area (Å²) in [5, 5.41) is 0. The van der Waals surface area contributed by atoms with Crippen LogP contribution in [-0.2, 0) is 11.3 Å². The van der Waals surface area contributed by atoms with Gasteiger partial charge in [0.1, 0.15) is 17.3 Å². The zero-order chi connectivity index (χ0) is 24.4. The lowest BCUT2D eigenvalue weighted by Gasteiger charge is -2.18. The van der Waals surface area contributed by atoms with Crippen molar-refractivity contribution in [1.29, 1.82) is 0 Å². The number of para-hydroxylation sites is 3. The second-order valence-electron chi connectivity index (χ2n) is 9.14. The fourth-order valence-corrected chi connectivity index (χ4v) is 4.97. The van der Waals surface area contributed by atoms with E-state index in [0.717, 1.165) is 58.1 Å². The van der Waals surface area contributed by atoms with Gasteiger partial charge in [-0.3, -0.25) is 4.79 Å². The average Bonchev–Trinajstić information content (AvgIpc) is 3.43. The molecule has 1 aromatic heterocycles. The first-order valence-electron chi connectivity index (χ1n) is 12.1. The third-order valence-corrected chi connectivity index (χ3v) is 6.72. The number of rotatable bonds is 8. The summed E-state index contributed by atoms with van der Waals surface area (Å²) in [7, 11) is 1.64. The molecule has 0 radical (unpaired) electrons. The van der Waals surface area contributed by atoms with Crippen LogP contribution in [0.4, 0.5) is 5.69 Å². The number of aromatic nitrogens is 2. The van der Waals surface area contributed by atoms with Crippen molar-refractivity contribution >= 4 is 22.6 Å². The van der Waals surface area contributed by atoms with Crippen molar-refractivity contribution in [2.45, 2.75) is 39.2 Å². The number of carbonyl (C=O) groups excluding carboxylic acids is 1. The average molecular weight is 470 g/mol. The Morgan fingerprint density at radius 2 is 1.77 bits per heavy atom. The Morgan fingerprint density at radius 3 is 2.57 bits per heavy atom. The molecule has 1 saturated heterocycles. The quantitative estimate of drug-likeness (QED) is 0.313. The Bertz CT molecular complexity index is 1340. The Hall–Kier alpha value is -3.80. The van der Waals surface area contributed by atoms with Crippen LogP contribution in [0.15, 0.2) is 66.7 Å². The van der Waals surface area contributed by atoms with Gasteiger partial charge in [0.25, 0.3) is 0 Å². The van der Waals surface area contributed by atoms with E-state index in [9.17, 15) is 4.79 Å². The van der Waals surface area contributed by atoms with Crippen LogP contribution in [0.25, 0.3) is 11.0 Å². The predicted molar refractivity (Wildman–Crippen MR) is 138 cm³/mol. The van der Waals surface area contributed by atoms with Crippen LogP contribution in [0, 0.1) is 13.8 Å². The van der Waals surface area contributed by atoms with E-state index in [-0.39, 0.29) is 11.8 Å². The van der Waals surface area contributed by atoms with Gasteiger partial charge in [0.05, 0.1) is 24.8 Å². The molecule has 0 N–H and O–H groups in total. The number of hydrogen-bond donors (Lipinski definition) is 0. The summed E-state index contributed by atoms with van der Waals surface area (Å²) >= 11 is 0. The number of ether oxygens (including phenoxy) is 2. The molecule has 5 rings (SSSR count). The zero-order valence-electron chi connectivity index (χ0n) is 20.5. The van der Waals surface area contributed by atoms with Gasteiger partial charge in [0.2, 0.25) is 5.91 Å². The molecule has 0 aliphatic carbocycles. The molecule has 1 aliphatic heterocycles. The lowest BCUT2D eigenvalue weighted by Crippen LogP contribution is -2.24. The largest absolute Gasteiger partial charge is 0.497 e. The van der Waals surface area contributed by atoms with E-state index in [1.54, 1.807) is 7.11 Å². The molecule has 180 valence electrons. The highest BCUT2D eigenvalue weighted by molar-refractivity contribution is 5.96. The van der Waals surface area contributed by atoms with E-state index in [1.807, 2.05) is 47.4 Å². The van der Waals surface area contributed by atoms with Crippen molar-refractivity contribution in [1.82, 2.24) is 9.55 Å². The molecular weight excluding hydrogens is 438 g/mol. The molecule has 35 heavy (non-hydrogen) atoms. The number of carbonyl (C=O) groups is 1. The van der Waals surface area contributed by atoms with E-state index < -0.39 is 0 Å². The first-order chi connectivity index (χ1) is 17.0. The Balaban J connectivity index is 1.35. The van der Waals surface area contributed by atoms with E-state index in [1.165, 1.54) is 0 Å². The van der Waals surface area contributed by atoms with E-state index >= 15 is 0 Å². The number of fused-ring (bicyclic) bond motifs is 1. The number of anilines is 1. The van der Waals surface area contributed by atoms with Crippen molar-refractivity contribution in [2.75, 3.05) is 25.2 Å². The molecular formula is C29H31N3O3. The molecule has 3 aromatic carbocycles. The number of amides is 1. The SMILES string of the molecule is COc1cccc(N2CC(c3nc4ccccc4n3CCCOc3c(C)cccc3C)CC2=O)c1. The molecule has 6 heteroatoms. The number of hydrogen-bond acceptors (Lipinski definition) is 4. The van der Waals surface area contributed by atoms with Gasteiger partial charge in [-0.15, -0.1) is 0 Å². The van der Waals surface area contributed by atoms with Gasteiger partial charge in [-0.1, -0.05) is 36.4 Å². The molecule has 4 aromatic rings. The van der Waals surface area contributed by atoms with E-state index in [2.05, 4.69) is 42.7 Å². The second kappa shape index (κ2) is 9.82. The smallest absolute Gasteiger partial charge is 0.227 e. The highest BCUT2D eigenvalue weighted by atomic mass is 16.5. The Labute approximate surface area is 206 Å². The molecule has 1 fully saturated rings. The first kappa shape index (κ1) is 23.0. The first-order valence-corrected chi connectivity index (χ1v) is 12.1. The fraction of sp³-hybridized carbons (Fsp3) is 0.310. The summed E-state index contributed by atoms with van der Waals surface area (Å²) in [6, 6.07) is 22.1. The molecule has 1 aliphatic rings. The van der Waals surface area contributed by atoms with Crippen LogP contribution in [0.1, 0.15) is 35.7 Å². The number of benzene rings is 3. The summed E-state index contributed by atoms with van der Waals surface area (Å²) < 4.78 is 13.8. The lowest BCUT2D eigenvalue weighted by atomic mass is 10.1. The van der Waals surface area contributed by atoms with Gasteiger partial charge in [0, 0.05) is 37.2 Å². The summed E-state index contributed by atoms with van der Waals surface area (Å²) in [4.78, 5) is 19.8. The van der Waals surface area contributed by atoms with Crippen LogP contribution in [-0.4, -0.2) is 35.7 Å². The molecule has 1 unspecified atom stereocenters. The molecule has 6 nitrogen and oxygen atoms in total. The maximum Gasteiger partial charge on any atom is 0.227 e. The lowest BCUT2D eigenvalue weighted by molar-refractivity contribution is -0.117. The van der Waals surface area contributed by atoms with Crippen LogP contribution >= 0.6 is 0 Å². The van der Waals surface area contributed by atoms with Crippen LogP contribution < -0.4 is 14.4 Å². The van der Waals surface area contributed by atoms with Crippen molar-refractivity contribution in [2.24, 2.45) is 0 Å². The van der Waals surface area contributed by atoms with Crippen molar-refractivity contribution in [3.8, 4) is 11.5 Å². The standard InChI is InChI=1S/C29H31N3O3/c1-20-9-6-10-21(2)28(20)35-16-8-15-31-26-14-5-4-13-25(26)30-29(31)22-17-27(33)32(19-22)23-11-7-12-24(18-23)34-3/h4-7,9-14,18,22H,8,15-17,19H2,1-3H3. The van der Waals surface area contributed by atoms with Crippen molar-refractivity contribution in [3.05, 3.63) is 83.7 Å². The summed E-state index contributed by atoms with van der Waals surface area (Å²) in [5.41, 5.74) is 5.23. The van der Waals surface area contributed by atoms with E-state index in [4.69, 9.17) is 14.5 Å². The normalized spacial score (nSPS) is 15.7. The third kappa shape index (κ3) is 4.61. The van der Waals surface area contributed by atoms with Crippen molar-refractivity contribution in [3.63, 3.8) is 0 Å². The fourth-order valence-electron chi connectivity index (χ4n) is 4.97. The van der Waals surface area contributed by atoms with Gasteiger partial charge in [-0.25, -0.2) is 4.98 Å². The van der Waals surface area contributed by atoms with E-state index in [0.29, 0.717) is 19.6 Å². The Morgan fingerprint density at radius 1 is 1.00 bits per heavy atom. The van der Waals surface area contributed by atoms with Gasteiger partial charge in [-0.2, -0.15) is 0 Å². The highest BCUT2D eigenvalue weighted by Gasteiger charge is 2.35. The topological polar surface area (TPSA) is 56.6 Å². The minimum atomic E-state index is 0.0284. The van der Waals surface area contributed by atoms with Crippen LogP contribution in [0.2, 0.25) is 0 Å². The molecule has 1 atom stereocenters. The molecule has 0 spiro atoms. The van der Waals surface area contributed by atoms with Gasteiger partial charge < -0.3 is 18.9 Å². The molecule has 2 heterocycles. The van der Waals surface area contributed by atoms with Crippen LogP contribution in [0.5, 0.6) is 11.5 Å². The second-order valence-corrected chi connectivity index (χ2v) is 9.14. The number of imidazole rings is 1. The maximum atomic E-state index is 13.0. The predicted octanol–water partition coefficient (Wildman–Crippen LogP) is 5.65. The zero-order valence-corrected chi connectivity index (χ0v) is 20.5. The minimum Gasteiger partial charge on any atom is -0.497 e. The minimum absolute atomic E-state index is 0.0284. The third-order valence-electron chi connectivity index (χ3n) is 6.72. The molecule has 0 bridgehead atoms. The van der Waals surface area contributed by atoms with Gasteiger partial charge in [0.15, 0.2) is 0 Å². The number of aryl methyl sites for hydroxylation is 3. The van der Waals surface area contributed by atoms with Gasteiger partial charge in [-0.05, 0) is 55.7 Å². The summed E-state index contributed by atoms with van der Waals surface area (Å²) in [6.07, 6.45) is 1.29. The molecule has 1 amide bonds. The summed E-state index contributed by atoms with van der Waals surface area (Å²) in [6.45, 7) is 6.17. The summed E-state index contributed by atoms with van der Waals surface area (Å²) in [5.74, 6) is 2.83. The van der Waals surface area contributed by atoms with Crippen LogP contribution in [0.3, 0.4) is 0 Å².